The van der Waals surface area contributed by atoms with Crippen molar-refractivity contribution in [3.05, 3.63) is 23.8 Å². The van der Waals surface area contributed by atoms with Gasteiger partial charge in [0.05, 0.1) is 10.5 Å². The van der Waals surface area contributed by atoms with E-state index in [2.05, 4.69) is 0 Å². The predicted molar refractivity (Wildman–Crippen MR) is 73.0 cm³/mol. The number of hydrogen-bond acceptors (Lipinski definition) is 4. The van der Waals surface area contributed by atoms with Gasteiger partial charge in [0.1, 0.15) is 6.54 Å². The maximum atomic E-state index is 13.0. The first-order valence-electron chi connectivity index (χ1n) is 6.17. The van der Waals surface area contributed by atoms with Gasteiger partial charge in [-0.2, -0.15) is 13.2 Å². The van der Waals surface area contributed by atoms with E-state index in [4.69, 9.17) is 10.2 Å². The molecule has 0 heterocycles. The Hall–Kier alpha value is -1.81. The zero-order valence-corrected chi connectivity index (χ0v) is 12.4. The quantitative estimate of drug-likeness (QED) is 0.820. The Bertz CT molecular complexity index is 659. The van der Waals surface area contributed by atoms with E-state index < -0.39 is 39.2 Å². The summed E-state index contributed by atoms with van der Waals surface area (Å²) in [5.41, 5.74) is -1.46. The second-order valence-corrected chi connectivity index (χ2v) is 6.07. The Morgan fingerprint density at radius 1 is 1.36 bits per heavy atom. The van der Waals surface area contributed by atoms with E-state index in [0.29, 0.717) is 12.5 Å². The normalized spacial score (nSPS) is 12.2. The Morgan fingerprint density at radius 2 is 1.95 bits per heavy atom. The third kappa shape index (κ3) is 4.60. The molecular formula is C12H15F3N2O4S. The number of aliphatic carboxylic acids is 1. The molecule has 3 N–H and O–H groups in total. The van der Waals surface area contributed by atoms with Crippen molar-refractivity contribution in [2.24, 2.45) is 5.14 Å². The first-order valence-corrected chi connectivity index (χ1v) is 7.72. The number of primary sulfonamides is 1. The van der Waals surface area contributed by atoms with Gasteiger partial charge in [0, 0.05) is 12.2 Å². The SMILES string of the molecule is CCCN(CC(=O)O)c1ccc(S(N)(=O)=O)c(C(F)(F)F)c1. The fourth-order valence-electron chi connectivity index (χ4n) is 1.92. The van der Waals surface area contributed by atoms with Crippen molar-refractivity contribution < 1.29 is 31.5 Å². The number of benzene rings is 1. The number of rotatable bonds is 6. The van der Waals surface area contributed by atoms with Gasteiger partial charge >= 0.3 is 12.1 Å². The van der Waals surface area contributed by atoms with Crippen molar-refractivity contribution >= 4 is 21.7 Å². The van der Waals surface area contributed by atoms with Crippen molar-refractivity contribution in [2.75, 3.05) is 18.0 Å². The van der Waals surface area contributed by atoms with Crippen molar-refractivity contribution in [3.63, 3.8) is 0 Å². The monoisotopic (exact) mass is 340 g/mol. The minimum absolute atomic E-state index is 0.0380. The third-order valence-corrected chi connectivity index (χ3v) is 3.73. The van der Waals surface area contributed by atoms with Gasteiger partial charge in [-0.1, -0.05) is 6.92 Å². The fraction of sp³-hybridized carbons (Fsp3) is 0.417. The molecule has 22 heavy (non-hydrogen) atoms. The number of alkyl halides is 3. The summed E-state index contributed by atoms with van der Waals surface area (Å²) in [6.45, 7) is 1.44. The van der Waals surface area contributed by atoms with Crippen molar-refractivity contribution in [3.8, 4) is 0 Å². The topological polar surface area (TPSA) is 101 Å². The van der Waals surface area contributed by atoms with E-state index in [1.807, 2.05) is 0 Å². The number of carboxylic acid groups (broad SMARTS) is 1. The molecule has 0 fully saturated rings. The van der Waals surface area contributed by atoms with Crippen LogP contribution in [0.5, 0.6) is 0 Å². The molecule has 0 unspecified atom stereocenters. The molecule has 0 saturated heterocycles. The third-order valence-electron chi connectivity index (χ3n) is 2.76. The first kappa shape index (κ1) is 18.2. The lowest BCUT2D eigenvalue weighted by Gasteiger charge is -2.24. The number of halogens is 3. The van der Waals surface area contributed by atoms with E-state index in [9.17, 15) is 26.4 Å². The van der Waals surface area contributed by atoms with E-state index in [1.54, 1.807) is 6.92 Å². The number of nitrogens with two attached hydrogens (primary N) is 1. The maximum absolute atomic E-state index is 13.0. The molecule has 1 aromatic rings. The van der Waals surface area contributed by atoms with E-state index in [-0.39, 0.29) is 12.2 Å². The Kier molecular flexibility index (Phi) is 5.41. The molecule has 1 aromatic carbocycles. The fourth-order valence-corrected chi connectivity index (χ4v) is 2.66. The number of carboxylic acids is 1. The van der Waals surface area contributed by atoms with Crippen LogP contribution in [0.4, 0.5) is 18.9 Å². The summed E-state index contributed by atoms with van der Waals surface area (Å²) in [5, 5.41) is 13.6. The van der Waals surface area contributed by atoms with E-state index in [1.165, 1.54) is 4.90 Å². The lowest BCUT2D eigenvalue weighted by atomic mass is 10.1. The zero-order valence-electron chi connectivity index (χ0n) is 11.6. The summed E-state index contributed by atoms with van der Waals surface area (Å²) in [5.74, 6) is -1.21. The van der Waals surface area contributed by atoms with Crippen LogP contribution in [0.15, 0.2) is 23.1 Å². The molecule has 0 radical (unpaired) electrons. The molecule has 124 valence electrons. The van der Waals surface area contributed by atoms with Gasteiger partial charge in [-0.05, 0) is 24.6 Å². The van der Waals surface area contributed by atoms with Gasteiger partial charge in [-0.15, -0.1) is 0 Å². The van der Waals surface area contributed by atoms with Crippen LogP contribution in [-0.4, -0.2) is 32.6 Å². The molecule has 0 amide bonds. The second-order valence-electron chi connectivity index (χ2n) is 4.54. The number of sulfonamides is 1. The maximum Gasteiger partial charge on any atom is 0.417 e. The second kappa shape index (κ2) is 6.53. The highest BCUT2D eigenvalue weighted by molar-refractivity contribution is 7.89. The number of carbonyl (C=O) groups is 1. The first-order chi connectivity index (χ1) is 9.96. The molecule has 0 bridgehead atoms. The van der Waals surface area contributed by atoms with Gasteiger partial charge < -0.3 is 10.0 Å². The van der Waals surface area contributed by atoms with Crippen LogP contribution in [-0.2, 0) is 21.0 Å². The average Bonchev–Trinajstić information content (AvgIpc) is 2.35. The van der Waals surface area contributed by atoms with Gasteiger partial charge in [0.15, 0.2) is 0 Å². The highest BCUT2D eigenvalue weighted by Crippen LogP contribution is 2.36. The molecule has 0 aliphatic carbocycles. The predicted octanol–water partition coefficient (Wildman–Crippen LogP) is 1.65. The molecule has 6 nitrogen and oxygen atoms in total. The average molecular weight is 340 g/mol. The Balaban J connectivity index is 3.43. The van der Waals surface area contributed by atoms with Crippen LogP contribution in [0.1, 0.15) is 18.9 Å². The van der Waals surface area contributed by atoms with Crippen LogP contribution < -0.4 is 10.0 Å². The lowest BCUT2D eigenvalue weighted by Crippen LogP contribution is -2.31. The standard InChI is InChI=1S/C12H15F3N2O4S/c1-2-5-17(7-11(18)19)8-3-4-10(22(16,20)21)9(6-8)12(13,14)15/h3-4,6H,2,5,7H2,1H3,(H,18,19)(H2,16,20,21). The van der Waals surface area contributed by atoms with Crippen LogP contribution in [0.2, 0.25) is 0 Å². The van der Waals surface area contributed by atoms with Crippen LogP contribution in [0.3, 0.4) is 0 Å². The molecule has 0 saturated carbocycles. The van der Waals surface area contributed by atoms with Crippen molar-refractivity contribution in [1.29, 1.82) is 0 Å². The molecule has 0 spiro atoms. The largest absolute Gasteiger partial charge is 0.480 e. The van der Waals surface area contributed by atoms with Crippen LogP contribution in [0, 0.1) is 0 Å². The summed E-state index contributed by atoms with van der Waals surface area (Å²) >= 11 is 0. The zero-order chi connectivity index (χ0) is 17.1. The van der Waals surface area contributed by atoms with E-state index in [0.717, 1.165) is 12.1 Å². The summed E-state index contributed by atoms with van der Waals surface area (Å²) in [7, 11) is -4.55. The Morgan fingerprint density at radius 3 is 2.36 bits per heavy atom. The summed E-state index contributed by atoms with van der Waals surface area (Å²) < 4.78 is 61.6. The van der Waals surface area contributed by atoms with Crippen molar-refractivity contribution in [1.82, 2.24) is 0 Å². The minimum atomic E-state index is -4.93. The summed E-state index contributed by atoms with van der Waals surface area (Å²) in [6.07, 6.45) is -4.43. The molecular weight excluding hydrogens is 325 g/mol. The van der Waals surface area contributed by atoms with Gasteiger partial charge in [0.2, 0.25) is 10.0 Å². The molecule has 0 aliphatic rings. The number of anilines is 1. The van der Waals surface area contributed by atoms with Crippen molar-refractivity contribution in [2.45, 2.75) is 24.4 Å². The van der Waals surface area contributed by atoms with Gasteiger partial charge in [-0.3, -0.25) is 4.79 Å². The Labute approximate surface area is 125 Å². The molecule has 0 aliphatic heterocycles. The van der Waals surface area contributed by atoms with Crippen LogP contribution >= 0.6 is 0 Å². The lowest BCUT2D eigenvalue weighted by molar-refractivity contribution is -0.139. The molecule has 1 rings (SSSR count). The summed E-state index contributed by atoms with van der Waals surface area (Å²) in [4.78, 5) is 11.0. The molecule has 0 atom stereocenters. The van der Waals surface area contributed by atoms with Gasteiger partial charge in [0.25, 0.3) is 0 Å². The molecule has 0 aromatic heterocycles. The van der Waals surface area contributed by atoms with E-state index >= 15 is 0 Å². The number of hydrogen-bond donors (Lipinski definition) is 2. The van der Waals surface area contributed by atoms with Gasteiger partial charge in [-0.25, -0.2) is 13.6 Å². The smallest absolute Gasteiger partial charge is 0.417 e. The molecule has 10 heteroatoms. The highest BCUT2D eigenvalue weighted by Gasteiger charge is 2.37. The highest BCUT2D eigenvalue weighted by atomic mass is 32.2. The minimum Gasteiger partial charge on any atom is -0.480 e. The van der Waals surface area contributed by atoms with Crippen LogP contribution in [0.25, 0.3) is 0 Å². The summed E-state index contributed by atoms with van der Waals surface area (Å²) in [6, 6.07) is 2.43. The number of nitrogens with zero attached hydrogens (tertiary/aromatic N) is 1.